The van der Waals surface area contributed by atoms with E-state index in [0.717, 1.165) is 36.1 Å². The first-order chi connectivity index (χ1) is 15.9. The quantitative estimate of drug-likeness (QED) is 0.122. The van der Waals surface area contributed by atoms with Gasteiger partial charge >= 0.3 is 5.00 Å². The van der Waals surface area contributed by atoms with Crippen LogP contribution in [0.5, 0.6) is 0 Å². The Morgan fingerprint density at radius 3 is 2.70 bits per heavy atom. The molecule has 5 rings (SSSR count). The smallest absolute Gasteiger partial charge is 0.266 e. The molecule has 2 aromatic carbocycles. The van der Waals surface area contributed by atoms with Crippen molar-refractivity contribution in [2.24, 2.45) is 5.10 Å². The molecule has 0 spiro atoms. The summed E-state index contributed by atoms with van der Waals surface area (Å²) in [6.45, 7) is 0. The highest BCUT2D eigenvalue weighted by atomic mass is 79.9. The number of carbonyl (C=O) groups is 1. The zero-order valence-electron chi connectivity index (χ0n) is 16.3. The maximum Gasteiger partial charge on any atom is 0.324 e. The van der Waals surface area contributed by atoms with Crippen LogP contribution < -0.4 is 5.01 Å². The third kappa shape index (κ3) is 4.30. The van der Waals surface area contributed by atoms with Crippen molar-refractivity contribution in [1.29, 1.82) is 0 Å². The SMILES string of the molecule is O=C(c1sc2ccccc2c1Cl)N(/N=C/c1ccc([N+](=O)[O-])s1)c1nc2ccc(Br)cc2s1. The van der Waals surface area contributed by atoms with Crippen LogP contribution in [0.3, 0.4) is 0 Å². The zero-order chi connectivity index (χ0) is 23.1. The number of anilines is 1. The first-order valence-electron chi connectivity index (χ1n) is 9.26. The molecule has 0 aliphatic heterocycles. The van der Waals surface area contributed by atoms with E-state index in [9.17, 15) is 14.9 Å². The lowest BCUT2D eigenvalue weighted by molar-refractivity contribution is -0.380. The summed E-state index contributed by atoms with van der Waals surface area (Å²) in [5.41, 5.74) is 0.723. The third-order valence-corrected chi connectivity index (χ3v) is 8.66. The lowest BCUT2D eigenvalue weighted by Crippen LogP contribution is -2.25. The molecule has 7 nitrogen and oxygen atoms in total. The van der Waals surface area contributed by atoms with Crippen LogP contribution in [0.15, 0.2) is 64.2 Å². The van der Waals surface area contributed by atoms with Gasteiger partial charge in [0.25, 0.3) is 5.91 Å². The minimum Gasteiger partial charge on any atom is -0.266 e. The lowest BCUT2D eigenvalue weighted by atomic mass is 10.2. The first kappa shape index (κ1) is 22.1. The second-order valence-electron chi connectivity index (χ2n) is 6.64. The maximum atomic E-state index is 13.6. The van der Waals surface area contributed by atoms with Crippen molar-refractivity contribution >= 4 is 104 Å². The maximum absolute atomic E-state index is 13.6. The van der Waals surface area contributed by atoms with Gasteiger partial charge in [0.2, 0.25) is 5.13 Å². The second-order valence-corrected chi connectivity index (χ2v) is 11.1. The Labute approximate surface area is 211 Å². The van der Waals surface area contributed by atoms with Crippen molar-refractivity contribution in [3.05, 3.63) is 84.0 Å². The highest BCUT2D eigenvalue weighted by Crippen LogP contribution is 2.38. The van der Waals surface area contributed by atoms with Gasteiger partial charge in [-0.1, -0.05) is 68.4 Å². The van der Waals surface area contributed by atoms with Crippen LogP contribution in [0, 0.1) is 10.1 Å². The lowest BCUT2D eigenvalue weighted by Gasteiger charge is -2.12. The summed E-state index contributed by atoms with van der Waals surface area (Å²) >= 11 is 13.6. The summed E-state index contributed by atoms with van der Waals surface area (Å²) in [6, 6.07) is 16.1. The predicted molar refractivity (Wildman–Crippen MR) is 140 cm³/mol. The molecule has 3 aromatic heterocycles. The van der Waals surface area contributed by atoms with E-state index in [1.807, 2.05) is 42.5 Å². The standard InChI is InChI=1S/C21H10BrClN4O3S3/c22-11-5-7-14-16(9-11)33-21(25-14)26(24-10-12-6-8-17(31-12)27(29)30)20(28)19-18(23)13-3-1-2-4-15(13)32-19/h1-10H/b24-10+. The Hall–Kier alpha value is -2.70. The van der Waals surface area contributed by atoms with E-state index in [-0.39, 0.29) is 5.00 Å². The molecule has 33 heavy (non-hydrogen) atoms. The van der Waals surface area contributed by atoms with Gasteiger partial charge in [-0.2, -0.15) is 10.1 Å². The molecule has 0 fully saturated rings. The van der Waals surface area contributed by atoms with Crippen LogP contribution in [0.4, 0.5) is 10.1 Å². The largest absolute Gasteiger partial charge is 0.324 e. The fourth-order valence-electron chi connectivity index (χ4n) is 3.04. The molecule has 12 heteroatoms. The number of amides is 1. The Morgan fingerprint density at radius 2 is 1.94 bits per heavy atom. The van der Waals surface area contributed by atoms with Crippen molar-refractivity contribution in [2.75, 3.05) is 5.01 Å². The van der Waals surface area contributed by atoms with Gasteiger partial charge in [0.15, 0.2) is 0 Å². The molecule has 5 aromatic rings. The van der Waals surface area contributed by atoms with E-state index >= 15 is 0 Å². The average molecular weight is 578 g/mol. The second kappa shape index (κ2) is 8.92. The van der Waals surface area contributed by atoms with Crippen LogP contribution in [0.2, 0.25) is 5.02 Å². The van der Waals surface area contributed by atoms with Gasteiger partial charge in [-0.3, -0.25) is 14.9 Å². The Kier molecular flexibility index (Phi) is 5.97. The molecule has 0 atom stereocenters. The number of halogens is 2. The number of hydrazone groups is 1. The minimum absolute atomic E-state index is 0.00767. The Morgan fingerprint density at radius 1 is 1.12 bits per heavy atom. The molecule has 164 valence electrons. The molecular weight excluding hydrogens is 568 g/mol. The Bertz CT molecular complexity index is 1580. The molecular formula is C21H10BrClN4O3S3. The van der Waals surface area contributed by atoms with Crippen LogP contribution in [-0.2, 0) is 0 Å². The van der Waals surface area contributed by atoms with Crippen molar-refractivity contribution in [2.45, 2.75) is 0 Å². The molecule has 0 N–H and O–H groups in total. The average Bonchev–Trinajstić information content (AvgIpc) is 3.51. The van der Waals surface area contributed by atoms with Crippen LogP contribution >= 0.6 is 61.5 Å². The van der Waals surface area contributed by atoms with Crippen molar-refractivity contribution in [3.8, 4) is 0 Å². The van der Waals surface area contributed by atoms with Gasteiger partial charge in [0.1, 0.15) is 4.88 Å². The zero-order valence-corrected chi connectivity index (χ0v) is 21.1. The van der Waals surface area contributed by atoms with Crippen molar-refractivity contribution in [1.82, 2.24) is 4.98 Å². The van der Waals surface area contributed by atoms with Crippen molar-refractivity contribution in [3.63, 3.8) is 0 Å². The summed E-state index contributed by atoms with van der Waals surface area (Å²) < 4.78 is 2.66. The van der Waals surface area contributed by atoms with Crippen LogP contribution in [0.25, 0.3) is 20.3 Å². The van der Waals surface area contributed by atoms with Gasteiger partial charge in [0.05, 0.1) is 31.3 Å². The fourth-order valence-corrected chi connectivity index (χ4v) is 6.64. The molecule has 3 heterocycles. The molecule has 0 aliphatic rings. The number of aromatic nitrogens is 1. The molecule has 1 amide bonds. The van der Waals surface area contributed by atoms with Crippen molar-refractivity contribution < 1.29 is 9.72 Å². The van der Waals surface area contributed by atoms with E-state index in [0.29, 0.717) is 19.9 Å². The van der Waals surface area contributed by atoms with Gasteiger partial charge in [-0.15, -0.1) is 11.3 Å². The molecule has 0 saturated carbocycles. The number of hydrogen-bond acceptors (Lipinski definition) is 8. The number of rotatable bonds is 5. The summed E-state index contributed by atoms with van der Waals surface area (Å²) in [5, 5.41) is 18.1. The molecule has 0 unspecified atom stereocenters. The van der Waals surface area contributed by atoms with E-state index in [4.69, 9.17) is 11.6 Å². The highest BCUT2D eigenvalue weighted by molar-refractivity contribution is 9.10. The number of carbonyl (C=O) groups excluding carboxylic acids is 1. The number of thiazole rings is 1. The summed E-state index contributed by atoms with van der Waals surface area (Å²) in [4.78, 5) is 29.6. The van der Waals surface area contributed by atoms with E-state index in [1.165, 1.54) is 40.0 Å². The minimum atomic E-state index is -0.465. The topological polar surface area (TPSA) is 88.7 Å². The predicted octanol–water partition coefficient (Wildman–Crippen LogP) is 7.58. The van der Waals surface area contributed by atoms with E-state index in [2.05, 4.69) is 26.0 Å². The van der Waals surface area contributed by atoms with Gasteiger partial charge in [-0.05, 0) is 30.3 Å². The highest BCUT2D eigenvalue weighted by Gasteiger charge is 2.26. The normalized spacial score (nSPS) is 11.6. The summed E-state index contributed by atoms with van der Waals surface area (Å²) in [7, 11) is 0. The molecule has 0 saturated heterocycles. The van der Waals surface area contributed by atoms with Crippen LogP contribution in [0.1, 0.15) is 14.5 Å². The monoisotopic (exact) mass is 576 g/mol. The van der Waals surface area contributed by atoms with Gasteiger partial charge < -0.3 is 0 Å². The number of nitro groups is 1. The van der Waals surface area contributed by atoms with Gasteiger partial charge in [-0.25, -0.2) is 4.98 Å². The summed E-state index contributed by atoms with van der Waals surface area (Å²) in [6.07, 6.45) is 1.42. The molecule has 0 bridgehead atoms. The molecule has 0 radical (unpaired) electrons. The number of nitrogens with zero attached hydrogens (tertiary/aromatic N) is 4. The molecule has 0 aliphatic carbocycles. The van der Waals surface area contributed by atoms with E-state index in [1.54, 1.807) is 6.07 Å². The number of thiophene rings is 2. The number of fused-ring (bicyclic) bond motifs is 2. The van der Waals surface area contributed by atoms with Gasteiger partial charge in [0, 0.05) is 20.6 Å². The summed E-state index contributed by atoms with van der Waals surface area (Å²) in [5.74, 6) is -0.429. The third-order valence-electron chi connectivity index (χ3n) is 4.53. The number of hydrogen-bond donors (Lipinski definition) is 0. The fraction of sp³-hybridized carbons (Fsp3) is 0. The first-order valence-corrected chi connectivity index (χ1v) is 12.9. The Balaban J connectivity index is 1.60. The van der Waals surface area contributed by atoms with E-state index < -0.39 is 10.8 Å². The van der Waals surface area contributed by atoms with Crippen LogP contribution in [-0.4, -0.2) is 22.0 Å². The number of benzene rings is 2.